The number of aryl methyl sites for hydroxylation is 1. The number of fused-ring (bicyclic) bond motifs is 2. The predicted octanol–water partition coefficient (Wildman–Crippen LogP) is 1.51. The van der Waals surface area contributed by atoms with Crippen molar-refractivity contribution in [3.8, 4) is 0 Å². The molecule has 4 rings (SSSR count). The molecule has 132 valence electrons. The van der Waals surface area contributed by atoms with Crippen molar-refractivity contribution < 1.29 is 4.79 Å². The molecule has 0 radical (unpaired) electrons. The molecule has 0 fully saturated rings. The van der Waals surface area contributed by atoms with E-state index in [9.17, 15) is 9.59 Å². The zero-order valence-corrected chi connectivity index (χ0v) is 14.6. The van der Waals surface area contributed by atoms with Crippen molar-refractivity contribution >= 4 is 16.8 Å². The van der Waals surface area contributed by atoms with Crippen LogP contribution in [0, 0.1) is 0 Å². The highest BCUT2D eigenvalue weighted by molar-refractivity contribution is 5.95. The molecule has 0 saturated carbocycles. The van der Waals surface area contributed by atoms with E-state index in [0.717, 1.165) is 25.1 Å². The maximum absolute atomic E-state index is 12.6. The summed E-state index contributed by atoms with van der Waals surface area (Å²) in [6, 6.07) is 13.3. The average molecular weight is 348 g/mol. The van der Waals surface area contributed by atoms with E-state index in [1.54, 1.807) is 23.9 Å². The zero-order valence-electron chi connectivity index (χ0n) is 14.6. The Morgan fingerprint density at radius 1 is 1.23 bits per heavy atom. The summed E-state index contributed by atoms with van der Waals surface area (Å²) in [4.78, 5) is 25.2. The first-order valence-electron chi connectivity index (χ1n) is 8.70. The van der Waals surface area contributed by atoms with Crippen molar-refractivity contribution in [3.05, 3.63) is 75.1 Å². The Bertz CT molecular complexity index is 1060. The third-order valence-electron chi connectivity index (χ3n) is 4.85. The van der Waals surface area contributed by atoms with E-state index in [4.69, 9.17) is 0 Å². The number of hydrogen-bond donors (Lipinski definition) is 2. The largest absolute Gasteiger partial charge is 0.346 e. The summed E-state index contributed by atoms with van der Waals surface area (Å²) < 4.78 is 1.57. The van der Waals surface area contributed by atoms with E-state index in [-0.39, 0.29) is 11.1 Å². The Balaban J connectivity index is 1.61. The number of aromatic nitrogens is 2. The first-order valence-corrected chi connectivity index (χ1v) is 8.70. The molecule has 1 aliphatic heterocycles. The Labute approximate surface area is 150 Å². The number of benzene rings is 2. The minimum absolute atomic E-state index is 0.0716. The zero-order chi connectivity index (χ0) is 18.1. The van der Waals surface area contributed by atoms with Crippen LogP contribution in [0.2, 0.25) is 0 Å². The maximum Gasteiger partial charge on any atom is 0.276 e. The number of hydrogen-bond acceptors (Lipinski definition) is 4. The number of carbonyl (C=O) groups excluding carboxylic acids is 1. The lowest BCUT2D eigenvalue weighted by Crippen LogP contribution is -2.32. The first kappa shape index (κ1) is 16.5. The molecule has 3 aromatic rings. The molecule has 0 unspecified atom stereocenters. The van der Waals surface area contributed by atoms with Crippen LogP contribution in [0.25, 0.3) is 10.9 Å². The fourth-order valence-electron chi connectivity index (χ4n) is 3.51. The number of para-hydroxylation sites is 1. The standard InChI is InChI=1S/C20H20N4O2/c1-24-17-8-3-2-7-16(17)19(25)18(23-24)20(26)22-12-14-6-4-5-13-11-21-10-9-15(13)14/h2-8,21H,9-12H2,1H3,(H,22,26). The van der Waals surface area contributed by atoms with Crippen LogP contribution in [0.5, 0.6) is 0 Å². The molecule has 2 heterocycles. The molecule has 0 spiro atoms. The number of nitrogens with zero attached hydrogens (tertiary/aromatic N) is 2. The van der Waals surface area contributed by atoms with Gasteiger partial charge in [-0.2, -0.15) is 5.10 Å². The fraction of sp³-hybridized carbons (Fsp3) is 0.250. The van der Waals surface area contributed by atoms with Gasteiger partial charge in [0.05, 0.1) is 5.52 Å². The second-order valence-electron chi connectivity index (χ2n) is 6.48. The quantitative estimate of drug-likeness (QED) is 0.752. The molecule has 0 bridgehead atoms. The molecule has 6 heteroatoms. The monoisotopic (exact) mass is 348 g/mol. The number of nitrogens with one attached hydrogen (secondary N) is 2. The van der Waals surface area contributed by atoms with E-state index in [2.05, 4.69) is 21.8 Å². The molecule has 1 aromatic heterocycles. The van der Waals surface area contributed by atoms with Crippen LogP contribution in [0.1, 0.15) is 27.2 Å². The van der Waals surface area contributed by atoms with Crippen molar-refractivity contribution in [2.75, 3.05) is 6.54 Å². The topological polar surface area (TPSA) is 76.0 Å². The molecule has 26 heavy (non-hydrogen) atoms. The Morgan fingerprint density at radius 3 is 2.96 bits per heavy atom. The van der Waals surface area contributed by atoms with Gasteiger partial charge < -0.3 is 10.6 Å². The Kier molecular flexibility index (Phi) is 4.26. The van der Waals surface area contributed by atoms with Gasteiger partial charge in [-0.05, 0) is 41.8 Å². The first-order chi connectivity index (χ1) is 12.6. The van der Waals surface area contributed by atoms with Gasteiger partial charge in [0, 0.05) is 25.5 Å². The Hall–Kier alpha value is -2.99. The van der Waals surface area contributed by atoms with E-state index in [1.165, 1.54) is 11.1 Å². The normalized spacial score (nSPS) is 13.4. The van der Waals surface area contributed by atoms with Crippen molar-refractivity contribution in [2.24, 2.45) is 7.05 Å². The van der Waals surface area contributed by atoms with Crippen LogP contribution >= 0.6 is 0 Å². The third kappa shape index (κ3) is 2.88. The van der Waals surface area contributed by atoms with E-state index < -0.39 is 5.91 Å². The van der Waals surface area contributed by atoms with Gasteiger partial charge in [0.15, 0.2) is 5.69 Å². The minimum atomic E-state index is -0.442. The van der Waals surface area contributed by atoms with Crippen molar-refractivity contribution in [1.29, 1.82) is 0 Å². The molecule has 2 N–H and O–H groups in total. The molecule has 1 amide bonds. The van der Waals surface area contributed by atoms with Crippen LogP contribution in [-0.2, 0) is 26.6 Å². The second-order valence-corrected chi connectivity index (χ2v) is 6.48. The van der Waals surface area contributed by atoms with Gasteiger partial charge in [0.25, 0.3) is 5.91 Å². The van der Waals surface area contributed by atoms with Crippen LogP contribution in [-0.4, -0.2) is 22.2 Å². The van der Waals surface area contributed by atoms with Crippen molar-refractivity contribution in [3.63, 3.8) is 0 Å². The second kappa shape index (κ2) is 6.72. The van der Waals surface area contributed by atoms with Crippen LogP contribution in [0.3, 0.4) is 0 Å². The highest BCUT2D eigenvalue weighted by atomic mass is 16.2. The molecule has 2 aromatic carbocycles. The maximum atomic E-state index is 12.6. The third-order valence-corrected chi connectivity index (χ3v) is 4.85. The summed E-state index contributed by atoms with van der Waals surface area (Å²) in [5, 5.41) is 10.9. The van der Waals surface area contributed by atoms with Gasteiger partial charge in [-0.25, -0.2) is 0 Å². The van der Waals surface area contributed by atoms with Gasteiger partial charge in [-0.1, -0.05) is 30.3 Å². The summed E-state index contributed by atoms with van der Waals surface area (Å²) in [5.41, 5.74) is 3.94. The lowest BCUT2D eigenvalue weighted by Gasteiger charge is -2.20. The minimum Gasteiger partial charge on any atom is -0.346 e. The van der Waals surface area contributed by atoms with Gasteiger partial charge in [0.2, 0.25) is 5.43 Å². The van der Waals surface area contributed by atoms with Crippen LogP contribution < -0.4 is 16.1 Å². The van der Waals surface area contributed by atoms with Gasteiger partial charge in [-0.15, -0.1) is 0 Å². The van der Waals surface area contributed by atoms with Gasteiger partial charge in [-0.3, -0.25) is 14.3 Å². The van der Waals surface area contributed by atoms with Crippen molar-refractivity contribution in [1.82, 2.24) is 20.4 Å². The summed E-state index contributed by atoms with van der Waals surface area (Å²) in [5.74, 6) is -0.442. The number of rotatable bonds is 3. The molecule has 6 nitrogen and oxygen atoms in total. The van der Waals surface area contributed by atoms with Gasteiger partial charge >= 0.3 is 0 Å². The fourth-order valence-corrected chi connectivity index (χ4v) is 3.51. The smallest absolute Gasteiger partial charge is 0.276 e. The van der Waals surface area contributed by atoms with Crippen molar-refractivity contribution in [2.45, 2.75) is 19.5 Å². The lowest BCUT2D eigenvalue weighted by molar-refractivity contribution is 0.0943. The highest BCUT2D eigenvalue weighted by Gasteiger charge is 2.17. The summed E-state index contributed by atoms with van der Waals surface area (Å²) >= 11 is 0. The van der Waals surface area contributed by atoms with Crippen LogP contribution in [0.15, 0.2) is 47.3 Å². The Morgan fingerprint density at radius 2 is 2.08 bits per heavy atom. The number of carbonyl (C=O) groups is 1. The molecule has 0 aliphatic carbocycles. The molecule has 0 saturated heterocycles. The van der Waals surface area contributed by atoms with Gasteiger partial charge in [0.1, 0.15) is 0 Å². The predicted molar refractivity (Wildman–Crippen MR) is 100 cm³/mol. The summed E-state index contributed by atoms with van der Waals surface area (Å²) in [6.45, 7) is 2.17. The molecular weight excluding hydrogens is 328 g/mol. The molecular formula is C20H20N4O2. The molecule has 1 aliphatic rings. The highest BCUT2D eigenvalue weighted by Crippen LogP contribution is 2.18. The molecule has 0 atom stereocenters. The SMILES string of the molecule is Cn1nc(C(=O)NCc2cccc3c2CCNC3)c(=O)c2ccccc21. The van der Waals surface area contributed by atoms with Crippen LogP contribution in [0.4, 0.5) is 0 Å². The lowest BCUT2D eigenvalue weighted by atomic mass is 9.95. The average Bonchev–Trinajstić information content (AvgIpc) is 2.69. The van der Waals surface area contributed by atoms with E-state index in [0.29, 0.717) is 17.4 Å². The number of amides is 1. The summed E-state index contributed by atoms with van der Waals surface area (Å²) in [6.07, 6.45) is 0.942. The van der Waals surface area contributed by atoms with E-state index >= 15 is 0 Å². The summed E-state index contributed by atoms with van der Waals surface area (Å²) in [7, 11) is 1.74. The van der Waals surface area contributed by atoms with E-state index in [1.807, 2.05) is 24.3 Å².